The molecule has 0 saturated carbocycles. The fraction of sp³-hybridized carbons (Fsp3) is 0.750. The van der Waals surface area contributed by atoms with Crippen LogP contribution in [-0.4, -0.2) is 30.1 Å². The van der Waals surface area contributed by atoms with Crippen molar-refractivity contribution in [2.75, 3.05) is 13.1 Å². The lowest BCUT2D eigenvalue weighted by molar-refractivity contribution is 0.0971. The fourth-order valence-corrected chi connectivity index (χ4v) is 4.09. The Hall–Kier alpha value is -0.380. The van der Waals surface area contributed by atoms with Crippen molar-refractivity contribution in [2.45, 2.75) is 65.1 Å². The van der Waals surface area contributed by atoms with E-state index in [1.54, 1.807) is 0 Å². The number of piperidine rings is 1. The molecule has 1 saturated heterocycles. The lowest BCUT2D eigenvalue weighted by Crippen LogP contribution is -2.48. The molecule has 1 N–H and O–H groups in total. The van der Waals surface area contributed by atoms with Crippen molar-refractivity contribution in [1.29, 1.82) is 0 Å². The van der Waals surface area contributed by atoms with Gasteiger partial charge in [0.15, 0.2) is 0 Å². The van der Waals surface area contributed by atoms with E-state index in [2.05, 4.69) is 50.0 Å². The predicted octanol–water partition coefficient (Wildman–Crippen LogP) is 3.97. The van der Waals surface area contributed by atoms with Gasteiger partial charge >= 0.3 is 0 Å². The number of nitrogens with zero attached hydrogens (tertiary/aromatic N) is 1. The lowest BCUT2D eigenvalue weighted by Gasteiger charge is -2.41. The second kappa shape index (κ2) is 6.87. The molecule has 108 valence electrons. The second-order valence-electron chi connectivity index (χ2n) is 5.89. The molecule has 0 radical (unpaired) electrons. The van der Waals surface area contributed by atoms with Crippen LogP contribution in [0, 0.1) is 6.92 Å². The molecule has 1 aromatic heterocycles. The molecule has 2 nitrogen and oxygen atoms in total. The normalized spacial score (nSPS) is 26.5. The van der Waals surface area contributed by atoms with Crippen molar-refractivity contribution in [1.82, 2.24) is 10.2 Å². The van der Waals surface area contributed by atoms with Gasteiger partial charge in [0, 0.05) is 34.4 Å². The van der Waals surface area contributed by atoms with E-state index in [4.69, 9.17) is 0 Å². The largest absolute Gasteiger partial charge is 0.314 e. The van der Waals surface area contributed by atoms with Gasteiger partial charge in [-0.15, -0.1) is 11.3 Å². The van der Waals surface area contributed by atoms with Crippen LogP contribution in [-0.2, 0) is 0 Å². The topological polar surface area (TPSA) is 15.3 Å². The van der Waals surface area contributed by atoms with E-state index in [9.17, 15) is 0 Å². The zero-order valence-electron chi connectivity index (χ0n) is 12.8. The number of hydrogen-bond acceptors (Lipinski definition) is 3. The van der Waals surface area contributed by atoms with Crippen LogP contribution in [0.15, 0.2) is 12.1 Å². The zero-order valence-corrected chi connectivity index (χ0v) is 13.6. The Morgan fingerprint density at radius 3 is 2.84 bits per heavy atom. The van der Waals surface area contributed by atoms with E-state index in [1.165, 1.54) is 35.6 Å². The molecule has 0 spiro atoms. The van der Waals surface area contributed by atoms with Gasteiger partial charge in [0.2, 0.25) is 0 Å². The summed E-state index contributed by atoms with van der Waals surface area (Å²) in [7, 11) is 0. The lowest BCUT2D eigenvalue weighted by atomic mass is 9.96. The minimum absolute atomic E-state index is 0.570. The summed E-state index contributed by atoms with van der Waals surface area (Å²) < 4.78 is 0. The Kier molecular flexibility index (Phi) is 5.43. The number of rotatable bonds is 5. The van der Waals surface area contributed by atoms with Crippen LogP contribution in [0.4, 0.5) is 0 Å². The highest BCUT2D eigenvalue weighted by Gasteiger charge is 2.29. The van der Waals surface area contributed by atoms with Gasteiger partial charge in [0.05, 0.1) is 0 Å². The average molecular weight is 280 g/mol. The van der Waals surface area contributed by atoms with Gasteiger partial charge in [0.1, 0.15) is 0 Å². The van der Waals surface area contributed by atoms with Gasteiger partial charge in [-0.25, -0.2) is 0 Å². The van der Waals surface area contributed by atoms with Gasteiger partial charge in [-0.1, -0.05) is 6.92 Å². The molecule has 3 unspecified atom stereocenters. The molecule has 1 aromatic rings. The number of aryl methyl sites for hydroxylation is 1. The maximum absolute atomic E-state index is 3.68. The fourth-order valence-electron chi connectivity index (χ4n) is 3.14. The summed E-state index contributed by atoms with van der Waals surface area (Å²) in [5, 5.41) is 3.68. The van der Waals surface area contributed by atoms with Crippen LogP contribution in [0.5, 0.6) is 0 Å². The van der Waals surface area contributed by atoms with Crippen molar-refractivity contribution >= 4 is 11.3 Å². The van der Waals surface area contributed by atoms with Crippen LogP contribution in [0.3, 0.4) is 0 Å². The van der Waals surface area contributed by atoms with Crippen LogP contribution < -0.4 is 5.32 Å². The monoisotopic (exact) mass is 280 g/mol. The second-order valence-corrected chi connectivity index (χ2v) is 7.21. The van der Waals surface area contributed by atoms with E-state index in [0.29, 0.717) is 12.1 Å². The molecule has 0 amide bonds. The third-order valence-electron chi connectivity index (χ3n) is 4.28. The molecule has 2 heterocycles. The summed E-state index contributed by atoms with van der Waals surface area (Å²) in [6, 6.07) is 6.53. The summed E-state index contributed by atoms with van der Waals surface area (Å²) in [5.74, 6) is 0. The van der Waals surface area contributed by atoms with E-state index < -0.39 is 0 Å². The first kappa shape index (κ1) is 15.0. The Morgan fingerprint density at radius 2 is 2.26 bits per heavy atom. The van der Waals surface area contributed by atoms with Crippen molar-refractivity contribution in [3.8, 4) is 0 Å². The van der Waals surface area contributed by atoms with E-state index >= 15 is 0 Å². The molecular weight excluding hydrogens is 252 g/mol. The van der Waals surface area contributed by atoms with Crippen LogP contribution in [0.1, 0.15) is 55.8 Å². The average Bonchev–Trinajstić information content (AvgIpc) is 2.82. The molecular formula is C16H28N2S. The molecule has 2 rings (SSSR count). The highest BCUT2D eigenvalue weighted by Crippen LogP contribution is 2.32. The maximum Gasteiger partial charge on any atom is 0.0416 e. The van der Waals surface area contributed by atoms with Crippen molar-refractivity contribution in [2.24, 2.45) is 0 Å². The Balaban J connectivity index is 1.92. The Morgan fingerprint density at radius 1 is 1.47 bits per heavy atom. The molecule has 3 heteroatoms. The third kappa shape index (κ3) is 3.80. The van der Waals surface area contributed by atoms with E-state index in [-0.39, 0.29) is 0 Å². The van der Waals surface area contributed by atoms with Crippen LogP contribution >= 0.6 is 11.3 Å². The molecule has 3 atom stereocenters. The highest BCUT2D eigenvalue weighted by atomic mass is 32.1. The van der Waals surface area contributed by atoms with Gasteiger partial charge in [0.25, 0.3) is 0 Å². The third-order valence-corrected chi connectivity index (χ3v) is 5.45. The van der Waals surface area contributed by atoms with E-state index in [1.807, 2.05) is 11.3 Å². The summed E-state index contributed by atoms with van der Waals surface area (Å²) in [4.78, 5) is 5.62. The number of likely N-dealkylation sites (tertiary alicyclic amines) is 1. The SMILES string of the molecule is CCCNC1CCN(C(C)c2ccc(C)s2)C(C)C1. The zero-order chi connectivity index (χ0) is 13.8. The quantitative estimate of drug-likeness (QED) is 0.878. The smallest absolute Gasteiger partial charge is 0.0416 e. The number of hydrogen-bond donors (Lipinski definition) is 1. The number of nitrogens with one attached hydrogen (secondary N) is 1. The first-order valence-electron chi connectivity index (χ1n) is 7.67. The summed E-state index contributed by atoms with van der Waals surface area (Å²) in [6.45, 7) is 11.6. The van der Waals surface area contributed by atoms with Gasteiger partial charge in [-0.2, -0.15) is 0 Å². The molecule has 1 fully saturated rings. The number of thiophene rings is 1. The van der Waals surface area contributed by atoms with Gasteiger partial charge in [-0.05, 0) is 58.7 Å². The summed E-state index contributed by atoms with van der Waals surface area (Å²) in [6.07, 6.45) is 3.81. The first-order valence-corrected chi connectivity index (χ1v) is 8.49. The minimum atomic E-state index is 0.570. The van der Waals surface area contributed by atoms with Gasteiger partial charge < -0.3 is 5.32 Å². The first-order chi connectivity index (χ1) is 9.11. The molecule has 0 aliphatic carbocycles. The standard InChI is InChI=1S/C16H28N2S/c1-5-9-17-15-8-10-18(12(2)11-15)14(4)16-7-6-13(3)19-16/h6-7,12,14-15,17H,5,8-11H2,1-4H3. The molecule has 1 aliphatic heterocycles. The van der Waals surface area contributed by atoms with E-state index in [0.717, 1.165) is 12.6 Å². The Bertz CT molecular complexity index is 388. The molecule has 0 bridgehead atoms. The Labute approximate surface area is 122 Å². The summed E-state index contributed by atoms with van der Waals surface area (Å²) in [5.41, 5.74) is 0. The minimum Gasteiger partial charge on any atom is -0.314 e. The summed E-state index contributed by atoms with van der Waals surface area (Å²) >= 11 is 1.95. The van der Waals surface area contributed by atoms with Crippen molar-refractivity contribution in [3.05, 3.63) is 21.9 Å². The molecule has 19 heavy (non-hydrogen) atoms. The molecule has 1 aliphatic rings. The maximum atomic E-state index is 3.68. The molecule has 0 aromatic carbocycles. The van der Waals surface area contributed by atoms with Crippen molar-refractivity contribution in [3.63, 3.8) is 0 Å². The van der Waals surface area contributed by atoms with Crippen LogP contribution in [0.2, 0.25) is 0 Å². The van der Waals surface area contributed by atoms with Crippen LogP contribution in [0.25, 0.3) is 0 Å². The van der Waals surface area contributed by atoms with Gasteiger partial charge in [-0.3, -0.25) is 4.90 Å². The highest BCUT2D eigenvalue weighted by molar-refractivity contribution is 7.12. The predicted molar refractivity (Wildman–Crippen MR) is 85.0 cm³/mol. The van der Waals surface area contributed by atoms with Crippen molar-refractivity contribution < 1.29 is 0 Å².